The summed E-state index contributed by atoms with van der Waals surface area (Å²) in [5.41, 5.74) is 0.860. The number of ether oxygens (including phenoxy) is 2. The average molecular weight is 431 g/mol. The van der Waals surface area contributed by atoms with Gasteiger partial charge in [-0.1, -0.05) is 0 Å². The highest BCUT2D eigenvalue weighted by Crippen LogP contribution is 2.34. The van der Waals surface area contributed by atoms with E-state index in [2.05, 4.69) is 26.2 Å². The summed E-state index contributed by atoms with van der Waals surface area (Å²) in [6.45, 7) is 11.9. The number of carbonyl (C=O) groups is 1. The molecule has 0 spiro atoms. The van der Waals surface area contributed by atoms with Gasteiger partial charge in [0.2, 0.25) is 0 Å². The molecule has 172 valence electrons. The Kier molecular flexibility index (Phi) is 6.89. The number of anilines is 1. The van der Waals surface area contributed by atoms with E-state index >= 15 is 0 Å². The third-order valence-corrected chi connectivity index (χ3v) is 6.68. The standard InChI is InChI=1S/C24H38N4O3/c1-24(2,3)31-23(29)26-20-6-4-18(5-7-20)9-12-27-13-15-28(16-14-27)22-21-19(8-11-25-22)10-17-30-21/h8,11,18,20H,4-7,9-10,12-17H2,1-3H3,(H,26,29). The molecule has 1 aromatic rings. The minimum absolute atomic E-state index is 0.261. The molecule has 7 heteroatoms. The molecule has 2 fully saturated rings. The van der Waals surface area contributed by atoms with Gasteiger partial charge < -0.3 is 19.7 Å². The number of alkyl carbamates (subject to hydrolysis) is 1. The lowest BCUT2D eigenvalue weighted by Crippen LogP contribution is -2.47. The topological polar surface area (TPSA) is 66.9 Å². The molecule has 1 amide bonds. The normalized spacial score (nSPS) is 24.4. The Morgan fingerprint density at radius 1 is 1.19 bits per heavy atom. The van der Waals surface area contributed by atoms with Gasteiger partial charge in [-0.15, -0.1) is 0 Å². The number of amides is 1. The summed E-state index contributed by atoms with van der Waals surface area (Å²) in [7, 11) is 0. The van der Waals surface area contributed by atoms with Gasteiger partial charge in [-0.2, -0.15) is 0 Å². The Bertz CT molecular complexity index is 748. The van der Waals surface area contributed by atoms with Crippen LogP contribution in [0.4, 0.5) is 10.6 Å². The minimum Gasteiger partial charge on any atom is -0.489 e. The first-order valence-electron chi connectivity index (χ1n) is 11.9. The zero-order valence-corrected chi connectivity index (χ0v) is 19.4. The molecule has 0 unspecified atom stereocenters. The van der Waals surface area contributed by atoms with E-state index in [-0.39, 0.29) is 12.1 Å². The van der Waals surface area contributed by atoms with E-state index in [4.69, 9.17) is 9.47 Å². The van der Waals surface area contributed by atoms with E-state index in [9.17, 15) is 4.79 Å². The summed E-state index contributed by atoms with van der Waals surface area (Å²) in [5.74, 6) is 2.81. The Morgan fingerprint density at radius 2 is 1.94 bits per heavy atom. The van der Waals surface area contributed by atoms with E-state index in [1.165, 1.54) is 31.4 Å². The van der Waals surface area contributed by atoms with Gasteiger partial charge in [0.25, 0.3) is 0 Å². The van der Waals surface area contributed by atoms with Crippen LogP contribution in [-0.4, -0.2) is 67.0 Å². The van der Waals surface area contributed by atoms with Crippen LogP contribution >= 0.6 is 0 Å². The number of pyridine rings is 1. The van der Waals surface area contributed by atoms with Crippen molar-refractivity contribution < 1.29 is 14.3 Å². The van der Waals surface area contributed by atoms with Gasteiger partial charge in [0.1, 0.15) is 5.60 Å². The molecular weight excluding hydrogens is 392 g/mol. The van der Waals surface area contributed by atoms with Crippen LogP contribution in [0.5, 0.6) is 5.75 Å². The number of hydrogen-bond donors (Lipinski definition) is 1. The maximum absolute atomic E-state index is 12.0. The first kappa shape index (κ1) is 22.2. The summed E-state index contributed by atoms with van der Waals surface area (Å²) >= 11 is 0. The van der Waals surface area contributed by atoms with E-state index in [0.717, 1.165) is 69.5 Å². The summed E-state index contributed by atoms with van der Waals surface area (Å²) in [6.07, 6.45) is 8.39. The number of piperazine rings is 1. The average Bonchev–Trinajstić information content (AvgIpc) is 3.21. The lowest BCUT2D eigenvalue weighted by molar-refractivity contribution is 0.0486. The maximum atomic E-state index is 12.0. The highest BCUT2D eigenvalue weighted by atomic mass is 16.6. The lowest BCUT2D eigenvalue weighted by Gasteiger charge is -2.37. The molecule has 31 heavy (non-hydrogen) atoms. The smallest absolute Gasteiger partial charge is 0.407 e. The van der Waals surface area contributed by atoms with Gasteiger partial charge in [0.05, 0.1) is 6.61 Å². The van der Waals surface area contributed by atoms with Crippen molar-refractivity contribution in [1.29, 1.82) is 0 Å². The molecule has 0 atom stereocenters. The molecule has 7 nitrogen and oxygen atoms in total. The molecular formula is C24H38N4O3. The molecule has 0 radical (unpaired) electrons. The van der Waals surface area contributed by atoms with Crippen molar-refractivity contribution in [3.05, 3.63) is 17.8 Å². The van der Waals surface area contributed by atoms with E-state index in [0.29, 0.717) is 0 Å². The van der Waals surface area contributed by atoms with Crippen LogP contribution in [0.25, 0.3) is 0 Å². The zero-order chi connectivity index (χ0) is 21.8. The van der Waals surface area contributed by atoms with Gasteiger partial charge >= 0.3 is 6.09 Å². The van der Waals surface area contributed by atoms with Crippen molar-refractivity contribution in [1.82, 2.24) is 15.2 Å². The van der Waals surface area contributed by atoms with Crippen molar-refractivity contribution in [3.8, 4) is 5.75 Å². The van der Waals surface area contributed by atoms with Crippen molar-refractivity contribution in [2.24, 2.45) is 5.92 Å². The second-order valence-corrected chi connectivity index (χ2v) is 10.2. The summed E-state index contributed by atoms with van der Waals surface area (Å²) in [4.78, 5) is 21.6. The third-order valence-electron chi connectivity index (χ3n) is 6.68. The molecule has 3 heterocycles. The van der Waals surface area contributed by atoms with Crippen LogP contribution in [0.15, 0.2) is 12.3 Å². The van der Waals surface area contributed by atoms with Gasteiger partial charge in [0, 0.05) is 50.4 Å². The number of nitrogens with one attached hydrogen (secondary N) is 1. The van der Waals surface area contributed by atoms with Crippen LogP contribution in [-0.2, 0) is 11.2 Å². The molecule has 0 aromatic carbocycles. The summed E-state index contributed by atoms with van der Waals surface area (Å²) in [5, 5.41) is 3.05. The Labute approximate surface area is 186 Å². The van der Waals surface area contributed by atoms with Gasteiger partial charge in [-0.25, -0.2) is 9.78 Å². The SMILES string of the molecule is CC(C)(C)OC(=O)NC1CCC(CCN2CCN(c3nccc4c3OCC4)CC2)CC1. The second-order valence-electron chi connectivity index (χ2n) is 10.2. The Morgan fingerprint density at radius 3 is 2.65 bits per heavy atom. The Hall–Kier alpha value is -2.02. The first-order valence-corrected chi connectivity index (χ1v) is 11.9. The molecule has 4 rings (SSSR count). The van der Waals surface area contributed by atoms with Crippen LogP contribution < -0.4 is 15.0 Å². The number of carbonyl (C=O) groups excluding carboxylic acids is 1. The third kappa shape index (κ3) is 6.03. The zero-order valence-electron chi connectivity index (χ0n) is 19.4. The lowest BCUT2D eigenvalue weighted by atomic mass is 9.84. The highest BCUT2D eigenvalue weighted by molar-refractivity contribution is 5.68. The molecule has 1 saturated carbocycles. The fourth-order valence-electron chi connectivity index (χ4n) is 4.94. The van der Waals surface area contributed by atoms with Crippen molar-refractivity contribution in [2.45, 2.75) is 70.9 Å². The molecule has 1 saturated heterocycles. The maximum Gasteiger partial charge on any atom is 0.407 e. The van der Waals surface area contributed by atoms with Crippen LogP contribution in [0.2, 0.25) is 0 Å². The van der Waals surface area contributed by atoms with Crippen molar-refractivity contribution in [3.63, 3.8) is 0 Å². The van der Waals surface area contributed by atoms with Gasteiger partial charge in [0.15, 0.2) is 11.6 Å². The predicted octanol–water partition coefficient (Wildman–Crippen LogP) is 3.61. The minimum atomic E-state index is -0.436. The van der Waals surface area contributed by atoms with Crippen LogP contribution in [0.1, 0.15) is 58.4 Å². The van der Waals surface area contributed by atoms with Gasteiger partial charge in [-0.3, -0.25) is 4.90 Å². The largest absolute Gasteiger partial charge is 0.489 e. The fourth-order valence-corrected chi connectivity index (χ4v) is 4.94. The molecule has 0 bridgehead atoms. The second kappa shape index (κ2) is 9.63. The molecule has 3 aliphatic rings. The molecule has 1 N–H and O–H groups in total. The predicted molar refractivity (Wildman–Crippen MR) is 122 cm³/mol. The van der Waals surface area contributed by atoms with Crippen molar-refractivity contribution in [2.75, 3.05) is 44.2 Å². The number of nitrogens with zero attached hydrogens (tertiary/aromatic N) is 3. The summed E-state index contributed by atoms with van der Waals surface area (Å²) in [6, 6.07) is 2.34. The number of hydrogen-bond acceptors (Lipinski definition) is 6. The van der Waals surface area contributed by atoms with Crippen molar-refractivity contribution >= 4 is 11.9 Å². The number of aromatic nitrogens is 1. The van der Waals surface area contributed by atoms with Crippen LogP contribution in [0, 0.1) is 5.92 Å². The summed E-state index contributed by atoms with van der Waals surface area (Å²) < 4.78 is 11.2. The van der Waals surface area contributed by atoms with E-state index in [1.807, 2.05) is 27.0 Å². The fraction of sp³-hybridized carbons (Fsp3) is 0.750. The monoisotopic (exact) mass is 430 g/mol. The quantitative estimate of drug-likeness (QED) is 0.770. The van der Waals surface area contributed by atoms with Crippen LogP contribution in [0.3, 0.4) is 0 Å². The number of fused-ring (bicyclic) bond motifs is 1. The van der Waals surface area contributed by atoms with E-state index < -0.39 is 5.60 Å². The van der Waals surface area contributed by atoms with Gasteiger partial charge in [-0.05, 0) is 71.4 Å². The van der Waals surface area contributed by atoms with E-state index in [1.54, 1.807) is 0 Å². The molecule has 2 aliphatic heterocycles. The molecule has 1 aliphatic carbocycles. The number of rotatable bonds is 5. The Balaban J connectivity index is 1.15. The molecule has 1 aromatic heterocycles. The first-order chi connectivity index (χ1) is 14.9. The highest BCUT2D eigenvalue weighted by Gasteiger charge is 2.27.